The fourth-order valence-electron chi connectivity index (χ4n) is 2.89. The van der Waals surface area contributed by atoms with Crippen LogP contribution in [0.5, 0.6) is 5.75 Å². The number of fused-ring (bicyclic) bond motifs is 1. The Labute approximate surface area is 141 Å². The third-order valence-corrected chi connectivity index (χ3v) is 5.20. The van der Waals surface area contributed by atoms with Crippen molar-refractivity contribution in [3.05, 3.63) is 51.7 Å². The molecule has 1 aliphatic heterocycles. The Morgan fingerprint density at radius 1 is 1.30 bits per heavy atom. The zero-order valence-corrected chi connectivity index (χ0v) is 14.4. The summed E-state index contributed by atoms with van der Waals surface area (Å²) in [5, 5.41) is 2.12. The van der Waals surface area contributed by atoms with Crippen molar-refractivity contribution < 1.29 is 9.53 Å². The molecule has 3 rings (SSSR count). The molecular formula is C18H22N2O2S. The highest BCUT2D eigenvalue weighted by Gasteiger charge is 2.22. The number of hydrogen-bond acceptors (Lipinski definition) is 4. The fraction of sp³-hybridized carbons (Fsp3) is 0.389. The van der Waals surface area contributed by atoms with Gasteiger partial charge in [-0.15, -0.1) is 11.3 Å². The summed E-state index contributed by atoms with van der Waals surface area (Å²) in [6, 6.07) is 10.1. The number of likely N-dealkylation sites (N-methyl/N-ethyl adjacent to an activating group) is 1. The zero-order valence-electron chi connectivity index (χ0n) is 13.6. The van der Waals surface area contributed by atoms with Crippen LogP contribution in [0.15, 0.2) is 35.7 Å². The number of carbonyl (C=O) groups is 1. The maximum atomic E-state index is 12.5. The molecule has 0 saturated heterocycles. The van der Waals surface area contributed by atoms with Gasteiger partial charge in [-0.05, 0) is 48.2 Å². The van der Waals surface area contributed by atoms with Crippen LogP contribution in [0.2, 0.25) is 0 Å². The quantitative estimate of drug-likeness (QED) is 0.845. The Hall–Kier alpha value is -1.85. The molecule has 1 aromatic heterocycles. The lowest BCUT2D eigenvalue weighted by molar-refractivity contribution is -0.133. The smallest absolute Gasteiger partial charge is 0.237 e. The number of carbonyl (C=O) groups excluding carboxylic acids is 1. The van der Waals surface area contributed by atoms with Gasteiger partial charge in [0, 0.05) is 24.5 Å². The molecule has 1 aliphatic rings. The maximum Gasteiger partial charge on any atom is 0.237 e. The van der Waals surface area contributed by atoms with Crippen LogP contribution in [-0.2, 0) is 24.3 Å². The highest BCUT2D eigenvalue weighted by atomic mass is 32.1. The zero-order chi connectivity index (χ0) is 16.2. The first-order valence-corrected chi connectivity index (χ1v) is 8.68. The Kier molecular flexibility index (Phi) is 4.98. The summed E-state index contributed by atoms with van der Waals surface area (Å²) >= 11 is 1.80. The number of methoxy groups -OCH3 is 1. The Bertz CT molecular complexity index is 666. The van der Waals surface area contributed by atoms with Crippen molar-refractivity contribution >= 4 is 17.2 Å². The molecule has 0 spiro atoms. The lowest BCUT2D eigenvalue weighted by Crippen LogP contribution is -2.41. The van der Waals surface area contributed by atoms with Crippen molar-refractivity contribution in [3.8, 4) is 5.75 Å². The summed E-state index contributed by atoms with van der Waals surface area (Å²) in [7, 11) is 3.65. The van der Waals surface area contributed by atoms with Crippen molar-refractivity contribution in [2.75, 3.05) is 27.2 Å². The van der Waals surface area contributed by atoms with E-state index in [9.17, 15) is 4.79 Å². The van der Waals surface area contributed by atoms with Gasteiger partial charge in [0.1, 0.15) is 5.75 Å². The minimum Gasteiger partial charge on any atom is -0.497 e. The monoisotopic (exact) mass is 330 g/mol. The highest BCUT2D eigenvalue weighted by Crippen LogP contribution is 2.24. The van der Waals surface area contributed by atoms with E-state index in [1.165, 1.54) is 16.0 Å². The number of nitrogens with zero attached hydrogens (tertiary/aromatic N) is 2. The van der Waals surface area contributed by atoms with Gasteiger partial charge in [0.2, 0.25) is 5.91 Å². The van der Waals surface area contributed by atoms with Crippen LogP contribution in [0, 0.1) is 0 Å². The van der Waals surface area contributed by atoms with Gasteiger partial charge in [-0.3, -0.25) is 9.69 Å². The molecule has 0 fully saturated rings. The second kappa shape index (κ2) is 7.15. The van der Waals surface area contributed by atoms with Crippen LogP contribution in [0.1, 0.15) is 16.0 Å². The standard InChI is InChI=1S/C18H22N2O2S/c1-19(11-14-3-5-16(22-2)6-4-14)13-18(21)20-9-7-17-15(12-20)8-10-23-17/h3-6,8,10H,7,9,11-13H2,1-2H3. The third-order valence-electron chi connectivity index (χ3n) is 4.18. The van der Waals surface area contributed by atoms with Crippen LogP contribution in [-0.4, -0.2) is 43.0 Å². The Balaban J connectivity index is 1.53. The average molecular weight is 330 g/mol. The van der Waals surface area contributed by atoms with Gasteiger partial charge in [0.15, 0.2) is 0 Å². The van der Waals surface area contributed by atoms with E-state index in [2.05, 4.69) is 16.3 Å². The molecule has 0 atom stereocenters. The summed E-state index contributed by atoms with van der Waals surface area (Å²) in [6.07, 6.45) is 0.987. The van der Waals surface area contributed by atoms with E-state index in [0.29, 0.717) is 6.54 Å². The fourth-order valence-corrected chi connectivity index (χ4v) is 3.78. The van der Waals surface area contributed by atoms with Gasteiger partial charge in [-0.25, -0.2) is 0 Å². The van der Waals surface area contributed by atoms with Gasteiger partial charge in [-0.1, -0.05) is 12.1 Å². The van der Waals surface area contributed by atoms with E-state index in [1.807, 2.05) is 36.2 Å². The molecule has 2 heterocycles. The van der Waals surface area contributed by atoms with E-state index in [0.717, 1.165) is 31.8 Å². The van der Waals surface area contributed by atoms with Crippen LogP contribution in [0.4, 0.5) is 0 Å². The molecule has 23 heavy (non-hydrogen) atoms. The second-order valence-corrected chi connectivity index (χ2v) is 6.96. The maximum absolute atomic E-state index is 12.5. The molecule has 1 amide bonds. The number of ether oxygens (including phenoxy) is 1. The minimum absolute atomic E-state index is 0.206. The summed E-state index contributed by atoms with van der Waals surface area (Å²) in [5.74, 6) is 1.06. The lowest BCUT2D eigenvalue weighted by Gasteiger charge is -2.29. The van der Waals surface area contributed by atoms with E-state index in [4.69, 9.17) is 4.74 Å². The van der Waals surface area contributed by atoms with Crippen LogP contribution in [0.3, 0.4) is 0 Å². The number of amides is 1. The summed E-state index contributed by atoms with van der Waals surface area (Å²) in [5.41, 5.74) is 2.49. The predicted octanol–water partition coefficient (Wildman–Crippen LogP) is 2.77. The van der Waals surface area contributed by atoms with Gasteiger partial charge in [0.25, 0.3) is 0 Å². The van der Waals surface area contributed by atoms with Crippen LogP contribution in [0.25, 0.3) is 0 Å². The SMILES string of the molecule is COc1ccc(CN(C)CC(=O)N2CCc3sccc3C2)cc1. The molecule has 0 saturated carbocycles. The summed E-state index contributed by atoms with van der Waals surface area (Å²) in [6.45, 7) is 2.80. The van der Waals surface area contributed by atoms with Crippen molar-refractivity contribution in [3.63, 3.8) is 0 Å². The Morgan fingerprint density at radius 2 is 2.09 bits per heavy atom. The molecule has 1 aromatic carbocycles. The molecule has 0 bridgehead atoms. The molecule has 0 radical (unpaired) electrons. The summed E-state index contributed by atoms with van der Waals surface area (Å²) in [4.78, 5) is 18.0. The van der Waals surface area contributed by atoms with Crippen molar-refractivity contribution in [2.45, 2.75) is 19.5 Å². The van der Waals surface area contributed by atoms with E-state index in [1.54, 1.807) is 18.4 Å². The first-order chi connectivity index (χ1) is 11.2. The van der Waals surface area contributed by atoms with Gasteiger partial charge >= 0.3 is 0 Å². The molecule has 0 aliphatic carbocycles. The first-order valence-electron chi connectivity index (χ1n) is 7.80. The van der Waals surface area contributed by atoms with Crippen molar-refractivity contribution in [1.29, 1.82) is 0 Å². The van der Waals surface area contributed by atoms with E-state index >= 15 is 0 Å². The van der Waals surface area contributed by atoms with Crippen LogP contribution < -0.4 is 4.74 Å². The predicted molar refractivity (Wildman–Crippen MR) is 92.8 cm³/mol. The molecule has 5 heteroatoms. The second-order valence-electron chi connectivity index (χ2n) is 5.95. The number of thiophene rings is 1. The molecule has 4 nitrogen and oxygen atoms in total. The molecule has 122 valence electrons. The van der Waals surface area contributed by atoms with E-state index < -0.39 is 0 Å². The van der Waals surface area contributed by atoms with Gasteiger partial charge < -0.3 is 9.64 Å². The summed E-state index contributed by atoms with van der Waals surface area (Å²) < 4.78 is 5.17. The largest absolute Gasteiger partial charge is 0.497 e. The number of benzene rings is 1. The lowest BCUT2D eigenvalue weighted by atomic mass is 10.1. The average Bonchev–Trinajstić information content (AvgIpc) is 3.03. The minimum atomic E-state index is 0.206. The van der Waals surface area contributed by atoms with Crippen LogP contribution >= 0.6 is 11.3 Å². The normalized spacial score (nSPS) is 14.0. The molecule has 0 unspecified atom stereocenters. The molecule has 2 aromatic rings. The number of rotatable bonds is 5. The van der Waals surface area contributed by atoms with E-state index in [-0.39, 0.29) is 5.91 Å². The van der Waals surface area contributed by atoms with Crippen molar-refractivity contribution in [2.24, 2.45) is 0 Å². The molecular weight excluding hydrogens is 308 g/mol. The van der Waals surface area contributed by atoms with Crippen molar-refractivity contribution in [1.82, 2.24) is 9.80 Å². The highest BCUT2D eigenvalue weighted by molar-refractivity contribution is 7.10. The topological polar surface area (TPSA) is 32.8 Å². The van der Waals surface area contributed by atoms with Gasteiger partial charge in [-0.2, -0.15) is 0 Å². The number of hydrogen-bond donors (Lipinski definition) is 0. The first kappa shape index (κ1) is 16.0. The van der Waals surface area contributed by atoms with Gasteiger partial charge in [0.05, 0.1) is 13.7 Å². The Morgan fingerprint density at radius 3 is 2.83 bits per heavy atom. The molecule has 0 N–H and O–H groups in total. The third kappa shape index (κ3) is 3.92.